The Balaban J connectivity index is 1.95. The summed E-state index contributed by atoms with van der Waals surface area (Å²) in [4.78, 5) is 7.00. The highest BCUT2D eigenvalue weighted by atomic mass is 35.5. The van der Waals surface area contributed by atoms with E-state index in [1.807, 2.05) is 28.8 Å². The molecule has 3 heterocycles. The highest BCUT2D eigenvalue weighted by molar-refractivity contribution is 6.34. The van der Waals surface area contributed by atoms with Crippen molar-refractivity contribution in [1.29, 1.82) is 0 Å². The van der Waals surface area contributed by atoms with Crippen LogP contribution in [0.3, 0.4) is 0 Å². The summed E-state index contributed by atoms with van der Waals surface area (Å²) in [6.07, 6.45) is 6.40. The number of fused-ring (bicyclic) bond motifs is 3. The van der Waals surface area contributed by atoms with Crippen LogP contribution in [-0.4, -0.2) is 20.6 Å². The lowest BCUT2D eigenvalue weighted by molar-refractivity contribution is 0.614. The number of aliphatic imine (C=N–C) groups is 1. The Hall–Kier alpha value is -2.11. The first kappa shape index (κ1) is 17.3. The zero-order chi connectivity index (χ0) is 18.3. The van der Waals surface area contributed by atoms with E-state index in [9.17, 15) is 0 Å². The molecule has 26 heavy (non-hydrogen) atoms. The van der Waals surface area contributed by atoms with Gasteiger partial charge in [-0.3, -0.25) is 4.57 Å². The fourth-order valence-electron chi connectivity index (χ4n) is 3.49. The van der Waals surface area contributed by atoms with Crippen molar-refractivity contribution in [1.82, 2.24) is 14.8 Å². The van der Waals surface area contributed by atoms with Crippen LogP contribution in [0.2, 0.25) is 5.02 Å². The lowest BCUT2D eigenvalue weighted by Crippen LogP contribution is -2.42. The molecule has 0 spiro atoms. The van der Waals surface area contributed by atoms with Gasteiger partial charge >= 0.3 is 0 Å². The van der Waals surface area contributed by atoms with Crippen molar-refractivity contribution in [2.24, 2.45) is 4.99 Å². The van der Waals surface area contributed by atoms with E-state index >= 15 is 0 Å². The number of halogens is 2. The number of rotatable bonds is 3. The molecule has 0 fully saturated rings. The van der Waals surface area contributed by atoms with Crippen molar-refractivity contribution in [2.75, 3.05) is 4.90 Å². The Morgan fingerprint density at radius 2 is 1.92 bits per heavy atom. The Morgan fingerprint density at radius 3 is 2.62 bits per heavy atom. The molecule has 2 aliphatic heterocycles. The minimum Gasteiger partial charge on any atom is -0.314 e. The maximum absolute atomic E-state index is 6.55. The van der Waals surface area contributed by atoms with E-state index in [-0.39, 0.29) is 6.04 Å². The van der Waals surface area contributed by atoms with Crippen molar-refractivity contribution in [3.05, 3.63) is 58.2 Å². The number of hydrogen-bond donors (Lipinski definition) is 0. The average molecular weight is 388 g/mol. The molecule has 0 aliphatic carbocycles. The molecule has 2 aliphatic rings. The third-order valence-electron chi connectivity index (χ3n) is 4.86. The average Bonchev–Trinajstić information content (AvgIpc) is 3.06. The van der Waals surface area contributed by atoms with Crippen LogP contribution >= 0.6 is 23.2 Å². The first-order valence-corrected chi connectivity index (χ1v) is 9.51. The Labute approximate surface area is 162 Å². The second-order valence-electron chi connectivity index (χ2n) is 6.31. The van der Waals surface area contributed by atoms with E-state index in [1.54, 1.807) is 6.33 Å². The molecule has 1 atom stereocenters. The summed E-state index contributed by atoms with van der Waals surface area (Å²) < 4.78 is 2.03. The summed E-state index contributed by atoms with van der Waals surface area (Å²) in [7, 11) is 0. The van der Waals surface area contributed by atoms with Gasteiger partial charge in [-0.1, -0.05) is 43.1 Å². The summed E-state index contributed by atoms with van der Waals surface area (Å²) in [5, 5.41) is 9.80. The summed E-state index contributed by atoms with van der Waals surface area (Å²) in [5.74, 6) is 1.73. The van der Waals surface area contributed by atoms with E-state index in [4.69, 9.17) is 28.2 Å². The van der Waals surface area contributed by atoms with E-state index in [0.717, 1.165) is 47.9 Å². The van der Waals surface area contributed by atoms with E-state index < -0.39 is 0 Å². The number of allylic oxidation sites excluding steroid dienone is 2. The summed E-state index contributed by atoms with van der Waals surface area (Å²) >= 11 is 12.6. The standard InChI is InChI=1S/C19H19Cl2N5/c1-3-12-5-10-16-18(23-17(12)21)26(14-8-6-13(20)7-9-14)15(4-2)19-24-22-11-25(16)19/h6-11,15H,3-5H2,1-2H3. The van der Waals surface area contributed by atoms with Gasteiger partial charge in [0.05, 0.1) is 11.7 Å². The quantitative estimate of drug-likeness (QED) is 0.661. The SMILES string of the molecule is CCC1=C(Cl)N=C2C(=CC1)n1cnnc1C(CC)N2c1ccc(Cl)cc1. The van der Waals surface area contributed by atoms with Gasteiger partial charge < -0.3 is 4.90 Å². The van der Waals surface area contributed by atoms with Gasteiger partial charge in [-0.05, 0) is 49.1 Å². The van der Waals surface area contributed by atoms with Gasteiger partial charge in [0.25, 0.3) is 0 Å². The van der Waals surface area contributed by atoms with Gasteiger partial charge in [-0.15, -0.1) is 10.2 Å². The van der Waals surface area contributed by atoms with Gasteiger partial charge in [-0.25, -0.2) is 4.99 Å². The van der Waals surface area contributed by atoms with Crippen LogP contribution in [0, 0.1) is 0 Å². The predicted octanol–water partition coefficient (Wildman–Crippen LogP) is 5.41. The molecule has 1 aromatic carbocycles. The third kappa shape index (κ3) is 2.75. The smallest absolute Gasteiger partial charge is 0.160 e. The lowest BCUT2D eigenvalue weighted by atomic mass is 10.0. The maximum atomic E-state index is 6.55. The van der Waals surface area contributed by atoms with Gasteiger partial charge in [0.1, 0.15) is 11.5 Å². The molecule has 0 N–H and O–H groups in total. The van der Waals surface area contributed by atoms with Crippen LogP contribution in [0.4, 0.5) is 5.69 Å². The summed E-state index contributed by atoms with van der Waals surface area (Å²) in [5.41, 5.74) is 3.09. The highest BCUT2D eigenvalue weighted by Gasteiger charge is 2.37. The molecule has 1 aromatic heterocycles. The lowest BCUT2D eigenvalue weighted by Gasteiger charge is -2.38. The molecule has 4 rings (SSSR count). The molecular weight excluding hydrogens is 369 g/mol. The number of hydrogen-bond acceptors (Lipinski definition) is 4. The van der Waals surface area contributed by atoms with Crippen LogP contribution in [0.15, 0.2) is 52.4 Å². The van der Waals surface area contributed by atoms with Crippen molar-refractivity contribution >= 4 is 40.4 Å². The summed E-state index contributed by atoms with van der Waals surface area (Å²) in [6.45, 7) is 4.23. The van der Waals surface area contributed by atoms with Gasteiger partial charge in [0.2, 0.25) is 0 Å². The molecule has 5 nitrogen and oxygen atoms in total. The number of aromatic nitrogens is 3. The normalized spacial score (nSPS) is 19.5. The molecule has 0 saturated carbocycles. The first-order valence-electron chi connectivity index (χ1n) is 8.75. The zero-order valence-corrected chi connectivity index (χ0v) is 16.2. The van der Waals surface area contributed by atoms with Gasteiger partial charge in [0.15, 0.2) is 11.7 Å². The Kier molecular flexibility index (Phi) is 4.59. The number of anilines is 1. The van der Waals surface area contributed by atoms with Crippen molar-refractivity contribution in [3.63, 3.8) is 0 Å². The molecule has 0 saturated heterocycles. The zero-order valence-electron chi connectivity index (χ0n) is 14.7. The molecule has 0 amide bonds. The molecule has 134 valence electrons. The van der Waals surface area contributed by atoms with Crippen LogP contribution in [0.1, 0.15) is 45.0 Å². The Bertz CT molecular complexity index is 924. The van der Waals surface area contributed by atoms with Crippen LogP contribution in [0.5, 0.6) is 0 Å². The van der Waals surface area contributed by atoms with Gasteiger partial charge in [0, 0.05) is 10.7 Å². The van der Waals surface area contributed by atoms with Crippen molar-refractivity contribution < 1.29 is 0 Å². The van der Waals surface area contributed by atoms with Crippen LogP contribution < -0.4 is 4.90 Å². The maximum Gasteiger partial charge on any atom is 0.160 e. The van der Waals surface area contributed by atoms with Gasteiger partial charge in [-0.2, -0.15) is 0 Å². The van der Waals surface area contributed by atoms with E-state index in [2.05, 4.69) is 35.0 Å². The minimum atomic E-state index is 0.0159. The second kappa shape index (κ2) is 6.89. The molecule has 0 radical (unpaired) electrons. The largest absolute Gasteiger partial charge is 0.314 e. The first-order chi connectivity index (χ1) is 12.6. The number of amidine groups is 1. The second-order valence-corrected chi connectivity index (χ2v) is 7.10. The van der Waals surface area contributed by atoms with Crippen molar-refractivity contribution in [3.8, 4) is 0 Å². The van der Waals surface area contributed by atoms with Crippen LogP contribution in [-0.2, 0) is 0 Å². The van der Waals surface area contributed by atoms with Crippen molar-refractivity contribution in [2.45, 2.75) is 39.2 Å². The number of benzene rings is 1. The minimum absolute atomic E-state index is 0.0159. The fraction of sp³-hybridized carbons (Fsp3) is 0.316. The fourth-order valence-corrected chi connectivity index (χ4v) is 3.90. The monoisotopic (exact) mass is 387 g/mol. The Morgan fingerprint density at radius 1 is 1.15 bits per heavy atom. The summed E-state index contributed by atoms with van der Waals surface area (Å²) in [6, 6.07) is 7.79. The highest BCUT2D eigenvalue weighted by Crippen LogP contribution is 2.39. The molecular formula is C19H19Cl2N5. The number of nitrogens with zero attached hydrogens (tertiary/aromatic N) is 5. The molecule has 2 aromatic rings. The topological polar surface area (TPSA) is 46.3 Å². The van der Waals surface area contributed by atoms with Crippen LogP contribution in [0.25, 0.3) is 5.70 Å². The predicted molar refractivity (Wildman–Crippen MR) is 106 cm³/mol. The third-order valence-corrected chi connectivity index (χ3v) is 5.46. The molecule has 7 heteroatoms. The van der Waals surface area contributed by atoms with E-state index in [1.165, 1.54) is 0 Å². The molecule has 0 bridgehead atoms. The molecule has 1 unspecified atom stereocenters. The van der Waals surface area contributed by atoms with E-state index in [0.29, 0.717) is 10.2 Å².